The van der Waals surface area contributed by atoms with E-state index in [1.807, 2.05) is 0 Å². The first-order valence-corrected chi connectivity index (χ1v) is 6.62. The predicted molar refractivity (Wildman–Crippen MR) is 74.3 cm³/mol. The van der Waals surface area contributed by atoms with Crippen molar-refractivity contribution >= 4 is 10.9 Å². The van der Waals surface area contributed by atoms with E-state index in [9.17, 15) is 0 Å². The van der Waals surface area contributed by atoms with Crippen molar-refractivity contribution in [2.75, 3.05) is 13.7 Å². The molecule has 3 heteroatoms. The van der Waals surface area contributed by atoms with Crippen molar-refractivity contribution in [3.05, 3.63) is 29.5 Å². The first-order chi connectivity index (χ1) is 8.74. The van der Waals surface area contributed by atoms with E-state index in [2.05, 4.69) is 41.9 Å². The van der Waals surface area contributed by atoms with Crippen LogP contribution in [0.2, 0.25) is 0 Å². The minimum atomic E-state index is 0.538. The van der Waals surface area contributed by atoms with Gasteiger partial charge < -0.3 is 14.6 Å². The van der Waals surface area contributed by atoms with Crippen LogP contribution in [0, 0.1) is 0 Å². The molecule has 3 rings (SSSR count). The van der Waals surface area contributed by atoms with Crippen LogP contribution in [-0.4, -0.2) is 18.2 Å². The van der Waals surface area contributed by atoms with Gasteiger partial charge in [-0.15, -0.1) is 0 Å². The summed E-state index contributed by atoms with van der Waals surface area (Å²) < 4.78 is 7.98. The number of methoxy groups -OCH3 is 1. The maximum atomic E-state index is 5.55. The van der Waals surface area contributed by atoms with Gasteiger partial charge in [-0.25, -0.2) is 0 Å². The zero-order valence-corrected chi connectivity index (χ0v) is 11.3. The lowest BCUT2D eigenvalue weighted by Crippen LogP contribution is -2.28. The number of ether oxygens (including phenoxy) is 1. The van der Waals surface area contributed by atoms with Crippen LogP contribution in [0.1, 0.15) is 31.0 Å². The molecule has 0 saturated carbocycles. The van der Waals surface area contributed by atoms with E-state index >= 15 is 0 Å². The molecule has 1 aliphatic heterocycles. The monoisotopic (exact) mass is 244 g/mol. The highest BCUT2D eigenvalue weighted by Crippen LogP contribution is 2.37. The van der Waals surface area contributed by atoms with Gasteiger partial charge in [0.15, 0.2) is 0 Å². The molecular weight excluding hydrogens is 224 g/mol. The number of nitrogens with one attached hydrogen (secondary N) is 1. The number of para-hydroxylation sites is 1. The lowest BCUT2D eigenvalue weighted by molar-refractivity contribution is 0.415. The van der Waals surface area contributed by atoms with E-state index in [4.69, 9.17) is 4.74 Å². The van der Waals surface area contributed by atoms with Gasteiger partial charge in [0.2, 0.25) is 0 Å². The molecule has 18 heavy (non-hydrogen) atoms. The van der Waals surface area contributed by atoms with Crippen LogP contribution in [0.25, 0.3) is 10.9 Å². The Morgan fingerprint density at radius 1 is 1.33 bits per heavy atom. The van der Waals surface area contributed by atoms with E-state index in [1.54, 1.807) is 7.11 Å². The number of fused-ring (bicyclic) bond motifs is 3. The summed E-state index contributed by atoms with van der Waals surface area (Å²) in [4.78, 5) is 0. The summed E-state index contributed by atoms with van der Waals surface area (Å²) in [6.07, 6.45) is 0. The Kier molecular flexibility index (Phi) is 2.78. The number of hydrogen-bond donors (Lipinski definition) is 1. The second-order valence-electron chi connectivity index (χ2n) is 5.20. The Labute approximate surface area is 108 Å². The fourth-order valence-corrected chi connectivity index (χ4v) is 3.10. The molecule has 2 aromatic rings. The van der Waals surface area contributed by atoms with Gasteiger partial charge in [-0.05, 0) is 17.5 Å². The summed E-state index contributed by atoms with van der Waals surface area (Å²) >= 11 is 0. The van der Waals surface area contributed by atoms with Gasteiger partial charge in [0.25, 0.3) is 0 Å². The largest absolute Gasteiger partial charge is 0.495 e. The summed E-state index contributed by atoms with van der Waals surface area (Å²) in [5.41, 5.74) is 4.16. The van der Waals surface area contributed by atoms with Crippen LogP contribution in [-0.2, 0) is 13.1 Å². The highest BCUT2D eigenvalue weighted by atomic mass is 16.5. The standard InChI is InChI=1S/C15H20N2O/c1-10(2)14-11-5-4-6-13(18-3)15(11)17-8-7-16-9-12(14)17/h4-6,10,16H,7-9H2,1-3H3. The molecular formula is C15H20N2O. The quantitative estimate of drug-likeness (QED) is 0.879. The Morgan fingerprint density at radius 2 is 2.17 bits per heavy atom. The fraction of sp³-hybridized carbons (Fsp3) is 0.467. The number of rotatable bonds is 2. The maximum absolute atomic E-state index is 5.55. The number of benzene rings is 1. The molecule has 2 heterocycles. The van der Waals surface area contributed by atoms with Crippen LogP contribution in [0.3, 0.4) is 0 Å². The summed E-state index contributed by atoms with van der Waals surface area (Å²) in [7, 11) is 1.75. The highest BCUT2D eigenvalue weighted by molar-refractivity contribution is 5.91. The molecule has 3 nitrogen and oxygen atoms in total. The third-order valence-corrected chi connectivity index (χ3v) is 3.80. The molecule has 96 valence electrons. The first-order valence-electron chi connectivity index (χ1n) is 6.62. The van der Waals surface area contributed by atoms with Gasteiger partial charge in [0, 0.05) is 30.7 Å². The van der Waals surface area contributed by atoms with E-state index in [-0.39, 0.29) is 0 Å². The van der Waals surface area contributed by atoms with Crippen LogP contribution in [0.4, 0.5) is 0 Å². The van der Waals surface area contributed by atoms with E-state index in [0.29, 0.717) is 5.92 Å². The zero-order chi connectivity index (χ0) is 12.7. The lowest BCUT2D eigenvalue weighted by atomic mass is 9.99. The molecule has 0 saturated heterocycles. The van der Waals surface area contributed by atoms with Gasteiger partial charge in [-0.3, -0.25) is 0 Å². The van der Waals surface area contributed by atoms with Crippen molar-refractivity contribution in [3.8, 4) is 5.75 Å². The molecule has 0 radical (unpaired) electrons. The van der Waals surface area contributed by atoms with Crippen molar-refractivity contribution in [1.82, 2.24) is 9.88 Å². The first kappa shape index (κ1) is 11.6. The molecule has 0 unspecified atom stereocenters. The van der Waals surface area contributed by atoms with Crippen molar-refractivity contribution in [3.63, 3.8) is 0 Å². The molecule has 0 bridgehead atoms. The predicted octanol–water partition coefficient (Wildman–Crippen LogP) is 2.88. The average molecular weight is 244 g/mol. The third-order valence-electron chi connectivity index (χ3n) is 3.80. The van der Waals surface area contributed by atoms with Gasteiger partial charge in [0.05, 0.1) is 12.6 Å². The molecule has 1 aliphatic rings. The van der Waals surface area contributed by atoms with Crippen LogP contribution >= 0.6 is 0 Å². The molecule has 0 atom stereocenters. The topological polar surface area (TPSA) is 26.2 Å². The molecule has 1 aromatic heterocycles. The third kappa shape index (κ3) is 1.54. The van der Waals surface area contributed by atoms with Gasteiger partial charge in [-0.1, -0.05) is 26.0 Å². The normalized spacial score (nSPS) is 15.1. The average Bonchev–Trinajstić information content (AvgIpc) is 2.73. The van der Waals surface area contributed by atoms with Crippen LogP contribution < -0.4 is 10.1 Å². The molecule has 0 spiro atoms. The number of aromatic nitrogens is 1. The molecule has 1 aromatic carbocycles. The Morgan fingerprint density at radius 3 is 2.89 bits per heavy atom. The highest BCUT2D eigenvalue weighted by Gasteiger charge is 2.23. The lowest BCUT2D eigenvalue weighted by Gasteiger charge is -2.20. The minimum absolute atomic E-state index is 0.538. The second kappa shape index (κ2) is 4.32. The second-order valence-corrected chi connectivity index (χ2v) is 5.20. The maximum Gasteiger partial charge on any atom is 0.143 e. The van der Waals surface area contributed by atoms with Gasteiger partial charge in [0.1, 0.15) is 5.75 Å². The Hall–Kier alpha value is -1.48. The van der Waals surface area contributed by atoms with Crippen LogP contribution in [0.5, 0.6) is 5.75 Å². The SMILES string of the molecule is COc1cccc2c(C(C)C)c3n(c12)CCNC3. The zero-order valence-electron chi connectivity index (χ0n) is 11.3. The van der Waals surface area contributed by atoms with Crippen molar-refractivity contribution in [1.29, 1.82) is 0 Å². The summed E-state index contributed by atoms with van der Waals surface area (Å²) in [6, 6.07) is 6.37. The van der Waals surface area contributed by atoms with E-state index in [1.165, 1.54) is 22.2 Å². The van der Waals surface area contributed by atoms with Crippen molar-refractivity contribution < 1.29 is 4.74 Å². The number of nitrogens with zero attached hydrogens (tertiary/aromatic N) is 1. The minimum Gasteiger partial charge on any atom is -0.495 e. The summed E-state index contributed by atoms with van der Waals surface area (Å²) in [6.45, 7) is 7.56. The molecule has 0 amide bonds. The Balaban J connectivity index is 2.39. The number of hydrogen-bond acceptors (Lipinski definition) is 2. The van der Waals surface area contributed by atoms with Gasteiger partial charge in [-0.2, -0.15) is 0 Å². The smallest absolute Gasteiger partial charge is 0.143 e. The van der Waals surface area contributed by atoms with E-state index < -0.39 is 0 Å². The fourth-order valence-electron chi connectivity index (χ4n) is 3.10. The summed E-state index contributed by atoms with van der Waals surface area (Å²) in [5, 5.41) is 4.82. The molecule has 0 fully saturated rings. The van der Waals surface area contributed by atoms with Crippen molar-refractivity contribution in [2.45, 2.75) is 32.9 Å². The molecule has 1 N–H and O–H groups in total. The molecule has 0 aliphatic carbocycles. The van der Waals surface area contributed by atoms with Crippen molar-refractivity contribution in [2.24, 2.45) is 0 Å². The van der Waals surface area contributed by atoms with E-state index in [0.717, 1.165) is 25.4 Å². The van der Waals surface area contributed by atoms with Crippen LogP contribution in [0.15, 0.2) is 18.2 Å². The Bertz CT molecular complexity index is 584. The van der Waals surface area contributed by atoms with Gasteiger partial charge >= 0.3 is 0 Å². The summed E-state index contributed by atoms with van der Waals surface area (Å²) in [5.74, 6) is 1.53.